The van der Waals surface area contributed by atoms with Gasteiger partial charge in [0.2, 0.25) is 8.32 Å². The van der Waals surface area contributed by atoms with Gasteiger partial charge in [0.05, 0.1) is 0 Å². The third-order valence-corrected chi connectivity index (χ3v) is 7.40. The molecule has 0 aliphatic carbocycles. The Bertz CT molecular complexity index is 140. The third kappa shape index (κ3) is 7.10. The van der Waals surface area contributed by atoms with Gasteiger partial charge in [-0.25, -0.2) is 0 Å². The highest BCUT2D eigenvalue weighted by Gasteiger charge is 2.30. The standard InChI is InChI=1S/C10H22Cl2OSi/c1-4-5-6-7-8-9-13-14(2,3)10(11)12/h10H,4-9H2,1-3H3. The Morgan fingerprint density at radius 1 is 1.07 bits per heavy atom. The summed E-state index contributed by atoms with van der Waals surface area (Å²) in [6.07, 6.45) is 6.32. The average molecular weight is 257 g/mol. The van der Waals surface area contributed by atoms with Gasteiger partial charge >= 0.3 is 0 Å². The Kier molecular flexibility index (Phi) is 8.40. The maximum Gasteiger partial charge on any atom is 0.220 e. The number of rotatable bonds is 8. The topological polar surface area (TPSA) is 9.23 Å². The van der Waals surface area contributed by atoms with Crippen molar-refractivity contribution >= 4 is 31.5 Å². The molecule has 0 atom stereocenters. The van der Waals surface area contributed by atoms with Crippen molar-refractivity contribution in [3.05, 3.63) is 0 Å². The average Bonchev–Trinajstić information content (AvgIpc) is 2.10. The lowest BCUT2D eigenvalue weighted by atomic mass is 10.2. The fourth-order valence-corrected chi connectivity index (χ4v) is 2.28. The molecule has 0 aromatic carbocycles. The van der Waals surface area contributed by atoms with Crippen molar-refractivity contribution < 1.29 is 4.43 Å². The molecule has 0 rings (SSSR count). The molecule has 0 N–H and O–H groups in total. The molecule has 0 aliphatic rings. The Balaban J connectivity index is 3.35. The first kappa shape index (κ1) is 14.8. The van der Waals surface area contributed by atoms with Gasteiger partial charge in [0.1, 0.15) is 4.46 Å². The van der Waals surface area contributed by atoms with E-state index in [9.17, 15) is 0 Å². The lowest BCUT2D eigenvalue weighted by Crippen LogP contribution is -2.38. The quantitative estimate of drug-likeness (QED) is 0.353. The molecule has 0 heterocycles. The normalized spacial score (nSPS) is 12.4. The monoisotopic (exact) mass is 256 g/mol. The van der Waals surface area contributed by atoms with Crippen LogP contribution in [0.3, 0.4) is 0 Å². The van der Waals surface area contributed by atoms with Gasteiger partial charge in [0, 0.05) is 6.61 Å². The minimum absolute atomic E-state index is 0.321. The van der Waals surface area contributed by atoms with E-state index in [0.717, 1.165) is 13.0 Å². The Hall–Kier alpha value is 0.757. The largest absolute Gasteiger partial charge is 0.415 e. The van der Waals surface area contributed by atoms with Crippen molar-refractivity contribution in [1.29, 1.82) is 0 Å². The van der Waals surface area contributed by atoms with Crippen molar-refractivity contribution in [2.24, 2.45) is 0 Å². The molecule has 0 saturated carbocycles. The third-order valence-electron chi connectivity index (χ3n) is 2.25. The van der Waals surface area contributed by atoms with E-state index in [4.69, 9.17) is 27.6 Å². The van der Waals surface area contributed by atoms with Crippen molar-refractivity contribution in [2.75, 3.05) is 6.61 Å². The number of alkyl halides is 2. The van der Waals surface area contributed by atoms with Crippen molar-refractivity contribution in [1.82, 2.24) is 0 Å². The molecule has 1 nitrogen and oxygen atoms in total. The predicted octanol–water partition coefficient (Wildman–Crippen LogP) is 4.52. The molecule has 0 aromatic rings. The molecular formula is C10H22Cl2OSi. The minimum atomic E-state index is -1.82. The molecule has 14 heavy (non-hydrogen) atoms. The summed E-state index contributed by atoms with van der Waals surface area (Å²) in [6.45, 7) is 7.16. The molecule has 0 aromatic heterocycles. The summed E-state index contributed by atoms with van der Waals surface area (Å²) in [4.78, 5) is 0. The van der Waals surface area contributed by atoms with Crippen LogP contribution in [0.2, 0.25) is 13.1 Å². The van der Waals surface area contributed by atoms with Crippen LogP contribution < -0.4 is 0 Å². The number of halogens is 2. The second-order valence-corrected chi connectivity index (χ2v) is 10.1. The van der Waals surface area contributed by atoms with Crippen LogP contribution in [0.1, 0.15) is 39.0 Å². The number of hydrogen-bond acceptors (Lipinski definition) is 1. The van der Waals surface area contributed by atoms with Gasteiger partial charge in [-0.15, -0.1) is 23.2 Å². The molecular weight excluding hydrogens is 235 g/mol. The fourth-order valence-electron chi connectivity index (χ4n) is 1.10. The molecule has 0 amide bonds. The molecule has 0 saturated heterocycles. The maximum atomic E-state index is 5.83. The van der Waals surface area contributed by atoms with Gasteiger partial charge < -0.3 is 4.43 Å². The SMILES string of the molecule is CCCCCCCO[Si](C)(C)C(Cl)Cl. The molecule has 4 heteroatoms. The lowest BCUT2D eigenvalue weighted by Gasteiger charge is -2.23. The van der Waals surface area contributed by atoms with Gasteiger partial charge in [-0.3, -0.25) is 0 Å². The molecule has 86 valence electrons. The van der Waals surface area contributed by atoms with Crippen LogP contribution in [-0.2, 0) is 4.43 Å². The molecule has 0 unspecified atom stereocenters. The highest BCUT2D eigenvalue weighted by molar-refractivity contribution is 6.87. The van der Waals surface area contributed by atoms with Crippen LogP contribution in [0, 0.1) is 0 Å². The Morgan fingerprint density at radius 3 is 2.14 bits per heavy atom. The summed E-state index contributed by atoms with van der Waals surface area (Å²) in [5.74, 6) is 0. The zero-order valence-electron chi connectivity index (χ0n) is 9.48. The fraction of sp³-hybridized carbons (Fsp3) is 1.00. The first-order valence-electron chi connectivity index (χ1n) is 5.43. The highest BCUT2D eigenvalue weighted by Crippen LogP contribution is 2.20. The van der Waals surface area contributed by atoms with E-state index in [-0.39, 0.29) is 4.46 Å². The summed E-state index contributed by atoms with van der Waals surface area (Å²) < 4.78 is 5.42. The Labute approximate surface area is 99.2 Å². The zero-order chi connectivity index (χ0) is 11.0. The smallest absolute Gasteiger partial charge is 0.220 e. The maximum absolute atomic E-state index is 5.83. The van der Waals surface area contributed by atoms with Gasteiger partial charge in [-0.05, 0) is 19.5 Å². The van der Waals surface area contributed by atoms with E-state index in [2.05, 4.69) is 20.0 Å². The van der Waals surface area contributed by atoms with Crippen LogP contribution in [0.4, 0.5) is 0 Å². The van der Waals surface area contributed by atoms with Crippen LogP contribution >= 0.6 is 23.2 Å². The number of hydrogen-bond donors (Lipinski definition) is 0. The molecule has 0 fully saturated rings. The van der Waals surface area contributed by atoms with Crippen LogP contribution in [0.25, 0.3) is 0 Å². The lowest BCUT2D eigenvalue weighted by molar-refractivity contribution is 0.296. The summed E-state index contributed by atoms with van der Waals surface area (Å²) in [7, 11) is -1.82. The van der Waals surface area contributed by atoms with Crippen molar-refractivity contribution in [2.45, 2.75) is 56.6 Å². The van der Waals surface area contributed by atoms with Gasteiger partial charge in [0.25, 0.3) is 0 Å². The second-order valence-electron chi connectivity index (χ2n) is 4.17. The van der Waals surface area contributed by atoms with Gasteiger partial charge in [-0.2, -0.15) is 0 Å². The van der Waals surface area contributed by atoms with Crippen LogP contribution in [0.15, 0.2) is 0 Å². The van der Waals surface area contributed by atoms with Gasteiger partial charge in [0.15, 0.2) is 0 Å². The van der Waals surface area contributed by atoms with E-state index in [0.29, 0.717) is 0 Å². The van der Waals surface area contributed by atoms with E-state index < -0.39 is 8.32 Å². The highest BCUT2D eigenvalue weighted by atomic mass is 35.5. The Morgan fingerprint density at radius 2 is 1.64 bits per heavy atom. The van der Waals surface area contributed by atoms with E-state index in [1.807, 2.05) is 0 Å². The summed E-state index contributed by atoms with van der Waals surface area (Å²) >= 11 is 11.7. The van der Waals surface area contributed by atoms with E-state index >= 15 is 0 Å². The molecule has 0 radical (unpaired) electrons. The van der Waals surface area contributed by atoms with Crippen LogP contribution in [-0.4, -0.2) is 19.4 Å². The van der Waals surface area contributed by atoms with E-state index in [1.165, 1.54) is 25.7 Å². The first-order valence-corrected chi connectivity index (χ1v) is 9.28. The molecule has 0 spiro atoms. The second kappa shape index (κ2) is 7.97. The summed E-state index contributed by atoms with van der Waals surface area (Å²) in [5, 5.41) is 0. The molecule has 0 aliphatic heterocycles. The number of unbranched alkanes of at least 4 members (excludes halogenated alkanes) is 4. The zero-order valence-corrected chi connectivity index (χ0v) is 12.0. The minimum Gasteiger partial charge on any atom is -0.415 e. The molecule has 0 bridgehead atoms. The first-order chi connectivity index (χ1) is 6.50. The van der Waals surface area contributed by atoms with Crippen molar-refractivity contribution in [3.8, 4) is 0 Å². The van der Waals surface area contributed by atoms with Crippen molar-refractivity contribution in [3.63, 3.8) is 0 Å². The van der Waals surface area contributed by atoms with E-state index in [1.54, 1.807) is 0 Å². The van der Waals surface area contributed by atoms with Crippen LogP contribution in [0.5, 0.6) is 0 Å². The van der Waals surface area contributed by atoms with Gasteiger partial charge in [-0.1, -0.05) is 32.6 Å². The summed E-state index contributed by atoms with van der Waals surface area (Å²) in [6, 6.07) is 0. The predicted molar refractivity (Wildman–Crippen MR) is 67.7 cm³/mol. The summed E-state index contributed by atoms with van der Waals surface area (Å²) in [5.41, 5.74) is 0.